The highest BCUT2D eigenvalue weighted by Crippen LogP contribution is 2.06. The van der Waals surface area contributed by atoms with Crippen LogP contribution in [0.25, 0.3) is 0 Å². The van der Waals surface area contributed by atoms with Gasteiger partial charge in [-0.15, -0.1) is 0 Å². The molecule has 0 aliphatic carbocycles. The van der Waals surface area contributed by atoms with Gasteiger partial charge < -0.3 is 15.1 Å². The molecular formula is C9H19N3O. The highest BCUT2D eigenvalue weighted by atomic mass is 16.2. The van der Waals surface area contributed by atoms with Crippen LogP contribution in [0, 0.1) is 0 Å². The third-order valence-corrected chi connectivity index (χ3v) is 2.54. The molecule has 1 saturated heterocycles. The first-order valence-corrected chi connectivity index (χ1v) is 4.83. The van der Waals surface area contributed by atoms with Gasteiger partial charge in [-0.05, 0) is 26.9 Å². The highest BCUT2D eigenvalue weighted by Gasteiger charge is 2.21. The van der Waals surface area contributed by atoms with Crippen molar-refractivity contribution < 1.29 is 4.79 Å². The van der Waals surface area contributed by atoms with E-state index in [0.717, 1.165) is 26.1 Å². The smallest absolute Gasteiger partial charge is 0.317 e. The first kappa shape index (κ1) is 10.3. The van der Waals surface area contributed by atoms with Crippen LogP contribution >= 0.6 is 0 Å². The molecule has 1 rings (SSSR count). The maximum Gasteiger partial charge on any atom is 0.317 e. The van der Waals surface area contributed by atoms with Gasteiger partial charge in [-0.2, -0.15) is 0 Å². The number of nitrogens with one attached hydrogen (secondary N) is 1. The van der Waals surface area contributed by atoms with E-state index < -0.39 is 0 Å². The van der Waals surface area contributed by atoms with Crippen molar-refractivity contribution >= 4 is 6.03 Å². The first-order chi connectivity index (χ1) is 6.13. The Bertz CT molecular complexity index is 184. The van der Waals surface area contributed by atoms with E-state index in [1.807, 2.05) is 14.0 Å². The van der Waals surface area contributed by atoms with E-state index in [4.69, 9.17) is 0 Å². The molecule has 1 N–H and O–H groups in total. The fourth-order valence-corrected chi connectivity index (χ4v) is 1.48. The average Bonchev–Trinajstić information content (AvgIpc) is 2.49. The molecule has 0 spiro atoms. The summed E-state index contributed by atoms with van der Waals surface area (Å²) in [7, 11) is 3.89. The van der Waals surface area contributed by atoms with Gasteiger partial charge in [-0.1, -0.05) is 0 Å². The third-order valence-electron chi connectivity index (χ3n) is 2.54. The summed E-state index contributed by atoms with van der Waals surface area (Å²) in [5.74, 6) is 0. The predicted octanol–water partition coefficient (Wildman–Crippen LogP) is 0.352. The Labute approximate surface area is 79.9 Å². The molecule has 0 aromatic heterocycles. The standard InChI is InChI=1S/C9H19N3O/c1-4-12(3)9(13)10-8-5-6-11(2)7-8/h8H,4-7H2,1-3H3,(H,10,13). The average molecular weight is 185 g/mol. The van der Waals surface area contributed by atoms with E-state index in [0.29, 0.717) is 6.04 Å². The van der Waals surface area contributed by atoms with Crippen LogP contribution in [0.3, 0.4) is 0 Å². The molecule has 4 nitrogen and oxygen atoms in total. The van der Waals surface area contributed by atoms with Crippen molar-refractivity contribution in [2.45, 2.75) is 19.4 Å². The number of amides is 2. The van der Waals surface area contributed by atoms with Gasteiger partial charge >= 0.3 is 6.03 Å². The van der Waals surface area contributed by atoms with Gasteiger partial charge in [0.05, 0.1) is 0 Å². The largest absolute Gasteiger partial charge is 0.334 e. The Morgan fingerprint density at radius 3 is 2.85 bits per heavy atom. The van der Waals surface area contributed by atoms with Crippen molar-refractivity contribution in [2.75, 3.05) is 33.7 Å². The van der Waals surface area contributed by atoms with Gasteiger partial charge in [0.25, 0.3) is 0 Å². The quantitative estimate of drug-likeness (QED) is 0.674. The molecule has 0 aromatic carbocycles. The van der Waals surface area contributed by atoms with E-state index in [2.05, 4.69) is 17.3 Å². The lowest BCUT2D eigenvalue weighted by molar-refractivity contribution is 0.207. The third kappa shape index (κ3) is 2.88. The van der Waals surface area contributed by atoms with E-state index in [-0.39, 0.29) is 6.03 Å². The molecule has 1 aliphatic heterocycles. The normalized spacial score (nSPS) is 23.2. The number of likely N-dealkylation sites (tertiary alicyclic amines) is 1. The summed E-state index contributed by atoms with van der Waals surface area (Å²) in [6, 6.07) is 0.384. The highest BCUT2D eigenvalue weighted by molar-refractivity contribution is 5.74. The molecule has 1 atom stereocenters. The number of carbonyl (C=O) groups excluding carboxylic acids is 1. The van der Waals surface area contributed by atoms with E-state index in [1.54, 1.807) is 4.90 Å². The van der Waals surface area contributed by atoms with E-state index >= 15 is 0 Å². The van der Waals surface area contributed by atoms with Crippen LogP contribution in [-0.2, 0) is 0 Å². The molecule has 1 aliphatic rings. The number of rotatable bonds is 2. The summed E-state index contributed by atoms with van der Waals surface area (Å²) < 4.78 is 0. The predicted molar refractivity (Wildman–Crippen MR) is 52.7 cm³/mol. The number of likely N-dealkylation sites (N-methyl/N-ethyl adjacent to an activating group) is 1. The van der Waals surface area contributed by atoms with Gasteiger partial charge in [0.1, 0.15) is 0 Å². The van der Waals surface area contributed by atoms with Crippen molar-refractivity contribution in [1.82, 2.24) is 15.1 Å². The second kappa shape index (κ2) is 4.46. The molecule has 13 heavy (non-hydrogen) atoms. The Kier molecular flexibility index (Phi) is 3.54. The van der Waals surface area contributed by atoms with Crippen molar-refractivity contribution in [2.24, 2.45) is 0 Å². The molecule has 0 radical (unpaired) electrons. The topological polar surface area (TPSA) is 35.6 Å². The van der Waals surface area contributed by atoms with Crippen LogP contribution < -0.4 is 5.32 Å². The molecule has 1 unspecified atom stereocenters. The lowest BCUT2D eigenvalue weighted by Crippen LogP contribution is -2.43. The second-order valence-corrected chi connectivity index (χ2v) is 3.71. The minimum Gasteiger partial charge on any atom is -0.334 e. The van der Waals surface area contributed by atoms with Gasteiger partial charge in [0, 0.05) is 26.2 Å². The van der Waals surface area contributed by atoms with Gasteiger partial charge in [-0.25, -0.2) is 4.79 Å². The SMILES string of the molecule is CCN(C)C(=O)NC1CCN(C)C1. The van der Waals surface area contributed by atoms with Crippen molar-refractivity contribution in [1.29, 1.82) is 0 Å². The minimum atomic E-state index is 0.0443. The summed E-state index contributed by atoms with van der Waals surface area (Å²) in [5, 5.41) is 3.01. The van der Waals surface area contributed by atoms with Crippen molar-refractivity contribution in [3.8, 4) is 0 Å². The molecule has 2 amide bonds. The molecule has 1 fully saturated rings. The van der Waals surface area contributed by atoms with Crippen molar-refractivity contribution in [3.05, 3.63) is 0 Å². The lowest BCUT2D eigenvalue weighted by atomic mass is 10.3. The van der Waals surface area contributed by atoms with Gasteiger partial charge in [0.2, 0.25) is 0 Å². The molecular weight excluding hydrogens is 166 g/mol. The summed E-state index contributed by atoms with van der Waals surface area (Å²) in [4.78, 5) is 15.4. The minimum absolute atomic E-state index is 0.0443. The molecule has 76 valence electrons. The van der Waals surface area contributed by atoms with E-state index in [9.17, 15) is 4.79 Å². The summed E-state index contributed by atoms with van der Waals surface area (Å²) >= 11 is 0. The maximum atomic E-state index is 11.4. The summed E-state index contributed by atoms with van der Waals surface area (Å²) in [6.45, 7) is 4.79. The number of hydrogen-bond donors (Lipinski definition) is 1. The van der Waals surface area contributed by atoms with Crippen LogP contribution in [0.2, 0.25) is 0 Å². The van der Waals surface area contributed by atoms with Crippen LogP contribution in [0.4, 0.5) is 4.79 Å². The zero-order chi connectivity index (χ0) is 9.84. The Balaban J connectivity index is 2.28. The zero-order valence-electron chi connectivity index (χ0n) is 8.71. The second-order valence-electron chi connectivity index (χ2n) is 3.71. The molecule has 0 aromatic rings. The van der Waals surface area contributed by atoms with Crippen LogP contribution in [0.5, 0.6) is 0 Å². The van der Waals surface area contributed by atoms with Crippen LogP contribution in [0.15, 0.2) is 0 Å². The maximum absolute atomic E-state index is 11.4. The fraction of sp³-hybridized carbons (Fsp3) is 0.889. The van der Waals surface area contributed by atoms with Crippen LogP contribution in [0.1, 0.15) is 13.3 Å². The number of nitrogens with zero attached hydrogens (tertiary/aromatic N) is 2. The summed E-state index contributed by atoms with van der Waals surface area (Å²) in [5.41, 5.74) is 0. The number of urea groups is 1. The monoisotopic (exact) mass is 185 g/mol. The van der Waals surface area contributed by atoms with E-state index in [1.165, 1.54) is 0 Å². The lowest BCUT2D eigenvalue weighted by Gasteiger charge is -2.19. The molecule has 0 saturated carbocycles. The van der Waals surface area contributed by atoms with Gasteiger partial charge in [-0.3, -0.25) is 0 Å². The zero-order valence-corrected chi connectivity index (χ0v) is 8.71. The Morgan fingerprint density at radius 1 is 1.69 bits per heavy atom. The van der Waals surface area contributed by atoms with Crippen molar-refractivity contribution in [3.63, 3.8) is 0 Å². The van der Waals surface area contributed by atoms with Crippen LogP contribution in [-0.4, -0.2) is 55.6 Å². The molecule has 4 heteroatoms. The molecule has 0 bridgehead atoms. The molecule has 1 heterocycles. The summed E-state index contributed by atoms with van der Waals surface area (Å²) in [6.07, 6.45) is 1.07. The van der Waals surface area contributed by atoms with Gasteiger partial charge in [0.15, 0.2) is 0 Å². The number of carbonyl (C=O) groups is 1. The fourth-order valence-electron chi connectivity index (χ4n) is 1.48. The Hall–Kier alpha value is -0.770. The Morgan fingerprint density at radius 2 is 2.38 bits per heavy atom. The number of hydrogen-bond acceptors (Lipinski definition) is 2. The first-order valence-electron chi connectivity index (χ1n) is 4.83.